The van der Waals surface area contributed by atoms with Crippen molar-refractivity contribution in [3.05, 3.63) is 95.4 Å². The quantitative estimate of drug-likeness (QED) is 0.210. The average Bonchev–Trinajstić information content (AvgIpc) is 3.71. The lowest BCUT2D eigenvalue weighted by Crippen LogP contribution is -2.42. The van der Waals surface area contributed by atoms with Crippen LogP contribution in [0.4, 0.5) is 23.7 Å². The molecular formula is C36H37F3N6O2S. The number of aryl methyl sites for hydroxylation is 1. The van der Waals surface area contributed by atoms with Crippen LogP contribution in [-0.4, -0.2) is 44.1 Å². The van der Waals surface area contributed by atoms with Crippen LogP contribution in [0.3, 0.4) is 0 Å². The number of halogens is 3. The van der Waals surface area contributed by atoms with Crippen LogP contribution in [-0.2, 0) is 0 Å². The maximum atomic E-state index is 13.4. The molecule has 1 N–H and O–H groups in total. The molecule has 0 bridgehead atoms. The van der Waals surface area contributed by atoms with Gasteiger partial charge in [0.25, 0.3) is 0 Å². The van der Waals surface area contributed by atoms with Gasteiger partial charge in [-0.15, -0.1) is 18.3 Å². The third kappa shape index (κ3) is 7.43. The third-order valence-electron chi connectivity index (χ3n) is 8.54. The van der Waals surface area contributed by atoms with Crippen molar-refractivity contribution in [2.45, 2.75) is 71.7 Å². The summed E-state index contributed by atoms with van der Waals surface area (Å²) in [6.07, 6.45) is 0.290. The van der Waals surface area contributed by atoms with Crippen LogP contribution in [0.2, 0.25) is 0 Å². The normalized spacial score (nSPS) is 17.8. The van der Waals surface area contributed by atoms with E-state index in [-0.39, 0.29) is 17.8 Å². The van der Waals surface area contributed by atoms with Gasteiger partial charge in [0.1, 0.15) is 12.1 Å². The number of carbonyl (C=O) groups is 1. The van der Waals surface area contributed by atoms with Crippen molar-refractivity contribution in [3.8, 4) is 22.8 Å². The molecule has 6 rings (SSSR count). The first kappa shape index (κ1) is 33.3. The zero-order chi connectivity index (χ0) is 34.0. The molecule has 1 atom stereocenters. The van der Waals surface area contributed by atoms with Crippen molar-refractivity contribution in [1.29, 1.82) is 0 Å². The Morgan fingerprint density at radius 3 is 2.48 bits per heavy atom. The Hall–Kier alpha value is -4.58. The number of carbonyl (C=O) groups excluding carboxylic acids is 1. The summed E-state index contributed by atoms with van der Waals surface area (Å²) in [6.45, 7) is 8.72. The van der Waals surface area contributed by atoms with Crippen LogP contribution in [0.15, 0.2) is 83.7 Å². The minimum absolute atomic E-state index is 0.219. The van der Waals surface area contributed by atoms with Crippen LogP contribution in [0.1, 0.15) is 69.1 Å². The maximum Gasteiger partial charge on any atom is 0.573 e. The van der Waals surface area contributed by atoms with E-state index in [9.17, 15) is 18.0 Å². The molecule has 1 aliphatic heterocycles. The second kappa shape index (κ2) is 13.9. The summed E-state index contributed by atoms with van der Waals surface area (Å²) >= 11 is 1.62. The Kier molecular flexibility index (Phi) is 9.63. The fraction of sp³-hybridized carbons (Fsp3) is 0.333. The van der Waals surface area contributed by atoms with Gasteiger partial charge in [-0.2, -0.15) is 4.99 Å². The smallest absolute Gasteiger partial charge is 0.406 e. The Labute approximate surface area is 282 Å². The summed E-state index contributed by atoms with van der Waals surface area (Å²) in [6, 6.07) is 19.4. The van der Waals surface area contributed by atoms with Crippen LogP contribution in [0.25, 0.3) is 22.6 Å². The molecule has 3 aromatic carbocycles. The molecule has 250 valence electrons. The number of hydrogen-bond donors (Lipinski definition) is 1. The highest BCUT2D eigenvalue weighted by molar-refractivity contribution is 8.14. The number of amides is 2. The van der Waals surface area contributed by atoms with Crippen LogP contribution >= 0.6 is 11.8 Å². The van der Waals surface area contributed by atoms with Gasteiger partial charge < -0.3 is 15.0 Å². The molecule has 1 fully saturated rings. The highest BCUT2D eigenvalue weighted by Crippen LogP contribution is 2.37. The SMILES string of the molecule is Cc1cccc(N2C(=NC(=O)NC3=C(c4ccc(-c5ncn(-c6ccc(OC(F)(F)F)cc6)n5)cc4)CCC3)SCCC2C)c1C(C)C. The predicted molar refractivity (Wildman–Crippen MR) is 184 cm³/mol. The van der Waals surface area contributed by atoms with Gasteiger partial charge in [0, 0.05) is 28.7 Å². The number of anilines is 1. The fourth-order valence-corrected chi connectivity index (χ4v) is 7.55. The fourth-order valence-electron chi connectivity index (χ4n) is 6.35. The van der Waals surface area contributed by atoms with Gasteiger partial charge in [-0.05, 0) is 98.0 Å². The van der Waals surface area contributed by atoms with Crippen molar-refractivity contribution in [3.63, 3.8) is 0 Å². The summed E-state index contributed by atoms with van der Waals surface area (Å²) in [7, 11) is 0. The Bertz CT molecular complexity index is 1850. The van der Waals surface area contributed by atoms with Gasteiger partial charge in [0.15, 0.2) is 11.0 Å². The summed E-state index contributed by atoms with van der Waals surface area (Å²) in [5.41, 5.74) is 7.92. The molecule has 48 heavy (non-hydrogen) atoms. The third-order valence-corrected chi connectivity index (χ3v) is 9.53. The van der Waals surface area contributed by atoms with E-state index in [1.807, 2.05) is 24.3 Å². The first-order valence-corrected chi connectivity index (χ1v) is 17.0. The number of allylic oxidation sites excluding steroid dienone is 2. The molecular weight excluding hydrogens is 637 g/mol. The molecule has 0 spiro atoms. The number of amidine groups is 1. The van der Waals surface area contributed by atoms with E-state index in [2.05, 4.69) is 75.9 Å². The lowest BCUT2D eigenvalue weighted by Gasteiger charge is -2.37. The average molecular weight is 675 g/mol. The number of ether oxygens (including phenoxy) is 1. The number of aliphatic imine (C=N–C) groups is 1. The van der Waals surface area contributed by atoms with Gasteiger partial charge in [0.2, 0.25) is 0 Å². The number of alkyl halides is 3. The Balaban J connectivity index is 1.18. The molecule has 1 unspecified atom stereocenters. The number of aromatic nitrogens is 3. The second-order valence-corrected chi connectivity index (χ2v) is 13.3. The van der Waals surface area contributed by atoms with E-state index in [0.717, 1.165) is 64.7 Å². The molecule has 2 amide bonds. The van der Waals surface area contributed by atoms with Crippen molar-refractivity contribution < 1.29 is 22.7 Å². The standard InChI is InChI=1S/C36H37F3N6O2S/c1-22(2)32-23(3)7-5-10-31(32)45-24(4)19-20-48-35(45)42-34(46)41-30-9-6-8-29(30)25-11-13-26(14-12-25)33-40-21-44(43-33)27-15-17-28(18-16-27)47-36(37,38)39/h5,7,10-18,21-22,24H,6,8-9,19-20H2,1-4H3,(H,41,46). The monoisotopic (exact) mass is 674 g/mol. The number of urea groups is 1. The van der Waals surface area contributed by atoms with Crippen LogP contribution in [0, 0.1) is 6.92 Å². The zero-order valence-electron chi connectivity index (χ0n) is 27.2. The minimum Gasteiger partial charge on any atom is -0.406 e. The first-order valence-electron chi connectivity index (χ1n) is 16.0. The van der Waals surface area contributed by atoms with Gasteiger partial charge >= 0.3 is 12.4 Å². The highest BCUT2D eigenvalue weighted by atomic mass is 32.2. The van der Waals surface area contributed by atoms with Crippen molar-refractivity contribution >= 4 is 34.2 Å². The predicted octanol–water partition coefficient (Wildman–Crippen LogP) is 9.26. The molecule has 12 heteroatoms. The lowest BCUT2D eigenvalue weighted by molar-refractivity contribution is -0.274. The molecule has 1 aliphatic carbocycles. The molecule has 1 saturated heterocycles. The molecule has 8 nitrogen and oxygen atoms in total. The number of nitrogens with one attached hydrogen (secondary N) is 1. The van der Waals surface area contributed by atoms with E-state index < -0.39 is 6.36 Å². The zero-order valence-corrected chi connectivity index (χ0v) is 28.0. The minimum atomic E-state index is -4.75. The maximum absolute atomic E-state index is 13.4. The number of hydrogen-bond acceptors (Lipinski definition) is 5. The van der Waals surface area contributed by atoms with Crippen molar-refractivity contribution in [2.75, 3.05) is 10.7 Å². The summed E-state index contributed by atoms with van der Waals surface area (Å²) < 4.78 is 42.9. The number of benzene rings is 3. The Morgan fingerprint density at radius 1 is 1.04 bits per heavy atom. The number of nitrogens with zero attached hydrogens (tertiary/aromatic N) is 5. The Morgan fingerprint density at radius 2 is 1.77 bits per heavy atom. The number of rotatable bonds is 7. The van der Waals surface area contributed by atoms with Gasteiger partial charge in [-0.1, -0.05) is 62.0 Å². The summed E-state index contributed by atoms with van der Waals surface area (Å²) in [5, 5.41) is 8.33. The molecule has 0 saturated carbocycles. The summed E-state index contributed by atoms with van der Waals surface area (Å²) in [4.78, 5) is 24.6. The second-order valence-electron chi connectivity index (χ2n) is 12.3. The van der Waals surface area contributed by atoms with Crippen LogP contribution in [0.5, 0.6) is 5.75 Å². The molecule has 1 aromatic heterocycles. The van der Waals surface area contributed by atoms with Gasteiger partial charge in [-0.25, -0.2) is 14.5 Å². The lowest BCUT2D eigenvalue weighted by atomic mass is 9.95. The van der Waals surface area contributed by atoms with Gasteiger partial charge in [0.05, 0.1) is 5.69 Å². The van der Waals surface area contributed by atoms with Crippen molar-refractivity contribution in [1.82, 2.24) is 20.1 Å². The van der Waals surface area contributed by atoms with E-state index in [0.29, 0.717) is 17.4 Å². The molecule has 2 heterocycles. The van der Waals surface area contributed by atoms with Crippen LogP contribution < -0.4 is 15.0 Å². The summed E-state index contributed by atoms with van der Waals surface area (Å²) in [5.74, 6) is 1.41. The largest absolute Gasteiger partial charge is 0.573 e. The number of thioether (sulfide) groups is 1. The molecule has 4 aromatic rings. The van der Waals surface area contributed by atoms with E-state index in [4.69, 9.17) is 0 Å². The van der Waals surface area contributed by atoms with E-state index in [1.54, 1.807) is 11.8 Å². The molecule has 2 aliphatic rings. The van der Waals surface area contributed by atoms with Gasteiger partial charge in [-0.3, -0.25) is 0 Å². The first-order chi connectivity index (χ1) is 23.0. The molecule has 0 radical (unpaired) electrons. The van der Waals surface area contributed by atoms with E-state index >= 15 is 0 Å². The topological polar surface area (TPSA) is 84.6 Å². The highest BCUT2D eigenvalue weighted by Gasteiger charge is 2.31. The van der Waals surface area contributed by atoms with E-state index in [1.165, 1.54) is 46.4 Å². The van der Waals surface area contributed by atoms with Crippen molar-refractivity contribution in [2.24, 2.45) is 4.99 Å².